The van der Waals surface area contributed by atoms with Gasteiger partial charge in [-0.1, -0.05) is 12.1 Å². The summed E-state index contributed by atoms with van der Waals surface area (Å²) < 4.78 is 27.3. The summed E-state index contributed by atoms with van der Waals surface area (Å²) in [5, 5.41) is 0. The van der Waals surface area contributed by atoms with Crippen molar-refractivity contribution in [3.05, 3.63) is 42.2 Å². The lowest BCUT2D eigenvalue weighted by atomic mass is 10.1. The number of furan rings is 1. The molecule has 0 aliphatic rings. The molecule has 0 N–H and O–H groups in total. The van der Waals surface area contributed by atoms with Crippen LogP contribution in [0.4, 0.5) is 0 Å². The van der Waals surface area contributed by atoms with Gasteiger partial charge in [0.05, 0.1) is 6.61 Å². The van der Waals surface area contributed by atoms with Crippen LogP contribution in [0.15, 0.2) is 40.8 Å². The first kappa shape index (κ1) is 18.4. The third kappa shape index (κ3) is 4.54. The van der Waals surface area contributed by atoms with E-state index in [9.17, 15) is 4.79 Å². The summed E-state index contributed by atoms with van der Waals surface area (Å²) in [6.07, 6.45) is 1.43. The van der Waals surface area contributed by atoms with E-state index in [0.717, 1.165) is 17.7 Å². The highest BCUT2D eigenvalue weighted by atomic mass is 28.4. The Balaban J connectivity index is 1.92. The van der Waals surface area contributed by atoms with E-state index in [4.69, 9.17) is 22.4 Å². The zero-order valence-electron chi connectivity index (χ0n) is 14.1. The summed E-state index contributed by atoms with van der Waals surface area (Å²) in [6.45, 7) is 0.520. The third-order valence-corrected chi connectivity index (χ3v) is 6.52. The van der Waals surface area contributed by atoms with Crippen molar-refractivity contribution in [1.82, 2.24) is 0 Å². The Morgan fingerprint density at radius 1 is 1.08 bits per heavy atom. The summed E-state index contributed by atoms with van der Waals surface area (Å²) in [5.41, 5.74) is 0.856. The fourth-order valence-electron chi connectivity index (χ4n) is 2.35. The molecule has 0 aliphatic heterocycles. The molecule has 130 valence electrons. The molecule has 24 heavy (non-hydrogen) atoms. The predicted octanol–water partition coefficient (Wildman–Crippen LogP) is 3.41. The van der Waals surface area contributed by atoms with Crippen LogP contribution in [0.3, 0.4) is 0 Å². The van der Waals surface area contributed by atoms with Crippen molar-refractivity contribution in [1.29, 1.82) is 0 Å². The van der Waals surface area contributed by atoms with Gasteiger partial charge < -0.3 is 22.4 Å². The van der Waals surface area contributed by atoms with Crippen LogP contribution < -0.4 is 4.74 Å². The van der Waals surface area contributed by atoms with Crippen molar-refractivity contribution in [3.8, 4) is 17.1 Å². The van der Waals surface area contributed by atoms with Gasteiger partial charge in [-0.05, 0) is 30.7 Å². The number of hydrogen-bond acceptors (Lipinski definition) is 6. The second-order valence-electron chi connectivity index (χ2n) is 5.10. The van der Waals surface area contributed by atoms with Gasteiger partial charge in [-0.2, -0.15) is 0 Å². The smallest absolute Gasteiger partial charge is 0.494 e. The molecule has 0 bridgehead atoms. The van der Waals surface area contributed by atoms with E-state index in [1.165, 1.54) is 0 Å². The highest BCUT2D eigenvalue weighted by molar-refractivity contribution is 6.60. The number of carbonyl (C=O) groups is 1. The van der Waals surface area contributed by atoms with E-state index in [1.807, 2.05) is 24.3 Å². The first-order valence-electron chi connectivity index (χ1n) is 7.60. The number of rotatable bonds is 10. The molecule has 0 radical (unpaired) electrons. The lowest BCUT2D eigenvalue weighted by Gasteiger charge is -2.24. The molecule has 1 aromatic carbocycles. The molecule has 7 heteroatoms. The average Bonchev–Trinajstić information content (AvgIpc) is 3.12. The number of carbonyl (C=O) groups excluding carboxylic acids is 1. The molecule has 1 heterocycles. The maximum atomic E-state index is 10.7. The second kappa shape index (κ2) is 8.79. The van der Waals surface area contributed by atoms with Crippen molar-refractivity contribution >= 4 is 15.1 Å². The van der Waals surface area contributed by atoms with Gasteiger partial charge in [0, 0.05) is 32.9 Å². The molecule has 0 saturated heterocycles. The lowest BCUT2D eigenvalue weighted by molar-refractivity contribution is 0.110. The highest BCUT2D eigenvalue weighted by Crippen LogP contribution is 2.25. The Hall–Kier alpha value is -1.93. The zero-order valence-corrected chi connectivity index (χ0v) is 15.1. The summed E-state index contributed by atoms with van der Waals surface area (Å²) in [6, 6.07) is 11.6. The van der Waals surface area contributed by atoms with E-state index in [0.29, 0.717) is 30.5 Å². The fourth-order valence-corrected chi connectivity index (χ4v) is 4.04. The topological polar surface area (TPSA) is 67.1 Å². The molecule has 2 rings (SSSR count). The Morgan fingerprint density at radius 2 is 1.83 bits per heavy atom. The maximum absolute atomic E-state index is 10.7. The van der Waals surface area contributed by atoms with E-state index in [1.54, 1.807) is 33.5 Å². The van der Waals surface area contributed by atoms with Gasteiger partial charge in [0.1, 0.15) is 11.5 Å². The largest absolute Gasteiger partial charge is 0.500 e. The Labute approximate surface area is 142 Å². The standard InChI is InChI=1S/C17H22O6Si/c1-19-24(20-2,21-3)11-5-10-22-15-7-4-6-14(12-15)17-9-8-16(13-18)23-17/h4,6-9,12-13H,5,10-11H2,1-3H3. The maximum Gasteiger partial charge on any atom is 0.500 e. The monoisotopic (exact) mass is 350 g/mol. The molecular weight excluding hydrogens is 328 g/mol. The first-order chi connectivity index (χ1) is 11.7. The van der Waals surface area contributed by atoms with Gasteiger partial charge in [0.2, 0.25) is 0 Å². The van der Waals surface area contributed by atoms with Gasteiger partial charge in [-0.3, -0.25) is 4.79 Å². The number of ether oxygens (including phenoxy) is 1. The minimum atomic E-state index is -2.55. The van der Waals surface area contributed by atoms with Crippen molar-refractivity contribution in [2.75, 3.05) is 27.9 Å². The van der Waals surface area contributed by atoms with E-state index in [-0.39, 0.29) is 0 Å². The van der Waals surface area contributed by atoms with Crippen molar-refractivity contribution in [2.24, 2.45) is 0 Å². The average molecular weight is 350 g/mol. The Bertz CT molecular complexity index is 642. The Morgan fingerprint density at radius 3 is 2.46 bits per heavy atom. The second-order valence-corrected chi connectivity index (χ2v) is 8.19. The van der Waals surface area contributed by atoms with Crippen LogP contribution in [0.5, 0.6) is 5.75 Å². The van der Waals surface area contributed by atoms with E-state index >= 15 is 0 Å². The highest BCUT2D eigenvalue weighted by Gasteiger charge is 2.36. The van der Waals surface area contributed by atoms with Gasteiger partial charge in [-0.15, -0.1) is 0 Å². The minimum absolute atomic E-state index is 0.302. The molecule has 0 unspecified atom stereocenters. The molecule has 0 amide bonds. The SMILES string of the molecule is CO[Si](CCCOc1cccc(-c2ccc(C=O)o2)c1)(OC)OC. The molecule has 0 atom stereocenters. The van der Waals surface area contributed by atoms with Crippen LogP contribution in [-0.2, 0) is 13.3 Å². The third-order valence-electron chi connectivity index (χ3n) is 3.69. The van der Waals surface area contributed by atoms with Gasteiger partial charge in [-0.25, -0.2) is 0 Å². The van der Waals surface area contributed by atoms with Gasteiger partial charge in [0.25, 0.3) is 0 Å². The number of aldehydes is 1. The van der Waals surface area contributed by atoms with Crippen molar-refractivity contribution < 1.29 is 27.2 Å². The van der Waals surface area contributed by atoms with Gasteiger partial charge >= 0.3 is 8.80 Å². The molecule has 0 saturated carbocycles. The molecule has 0 spiro atoms. The van der Waals surface area contributed by atoms with Crippen LogP contribution in [0, 0.1) is 0 Å². The summed E-state index contributed by atoms with van der Waals surface area (Å²) >= 11 is 0. The summed E-state index contributed by atoms with van der Waals surface area (Å²) in [4.78, 5) is 10.7. The number of hydrogen-bond donors (Lipinski definition) is 0. The molecule has 2 aromatic rings. The zero-order chi connectivity index (χ0) is 17.4. The molecular formula is C17H22O6Si. The van der Waals surface area contributed by atoms with E-state index < -0.39 is 8.80 Å². The normalized spacial score (nSPS) is 11.5. The summed E-state index contributed by atoms with van der Waals surface area (Å²) in [7, 11) is 2.24. The lowest BCUT2D eigenvalue weighted by Crippen LogP contribution is -2.42. The fraction of sp³-hybridized carbons (Fsp3) is 0.353. The minimum Gasteiger partial charge on any atom is -0.494 e. The van der Waals surface area contributed by atoms with Crippen LogP contribution in [0.25, 0.3) is 11.3 Å². The Kier molecular flexibility index (Phi) is 6.74. The van der Waals surface area contributed by atoms with Gasteiger partial charge in [0.15, 0.2) is 12.0 Å². The molecule has 1 aromatic heterocycles. The molecule has 6 nitrogen and oxygen atoms in total. The van der Waals surface area contributed by atoms with Crippen LogP contribution in [0.2, 0.25) is 6.04 Å². The van der Waals surface area contributed by atoms with Crippen molar-refractivity contribution in [3.63, 3.8) is 0 Å². The quantitative estimate of drug-likeness (QED) is 0.372. The van der Waals surface area contributed by atoms with Crippen molar-refractivity contribution in [2.45, 2.75) is 12.5 Å². The summed E-state index contributed by atoms with van der Waals surface area (Å²) in [5.74, 6) is 1.67. The first-order valence-corrected chi connectivity index (χ1v) is 9.53. The van der Waals surface area contributed by atoms with Crippen LogP contribution in [-0.4, -0.2) is 43.0 Å². The van der Waals surface area contributed by atoms with E-state index in [2.05, 4.69) is 0 Å². The van der Waals surface area contributed by atoms with Crippen LogP contribution >= 0.6 is 0 Å². The molecule has 0 fully saturated rings. The molecule has 0 aliphatic carbocycles. The number of benzene rings is 1. The van der Waals surface area contributed by atoms with Crippen LogP contribution in [0.1, 0.15) is 17.0 Å². The predicted molar refractivity (Wildman–Crippen MR) is 91.2 cm³/mol.